The molecule has 1 nitrogen and oxygen atoms in total. The van der Waals surface area contributed by atoms with Crippen LogP contribution in [0.25, 0.3) is 0 Å². The minimum absolute atomic E-state index is 0.209. The molecule has 16 heavy (non-hydrogen) atoms. The first-order chi connectivity index (χ1) is 7.58. The van der Waals surface area contributed by atoms with Gasteiger partial charge in [-0.2, -0.15) is 0 Å². The highest BCUT2D eigenvalue weighted by Crippen LogP contribution is 2.35. The first kappa shape index (κ1) is 11.9. The highest BCUT2D eigenvalue weighted by Gasteiger charge is 2.27. The third-order valence-electron chi connectivity index (χ3n) is 3.69. The molecule has 0 heterocycles. The maximum atomic E-state index is 6.42. The fraction of sp³-hybridized carbons (Fsp3) is 0.571. The molecule has 1 aromatic carbocycles. The Balaban J connectivity index is 2.07. The highest BCUT2D eigenvalue weighted by atomic mass is 35.5. The Labute approximate surface area is 103 Å². The van der Waals surface area contributed by atoms with Crippen molar-refractivity contribution in [2.75, 3.05) is 0 Å². The lowest BCUT2D eigenvalue weighted by molar-refractivity contribution is 0.349. The van der Waals surface area contributed by atoms with Gasteiger partial charge >= 0.3 is 0 Å². The van der Waals surface area contributed by atoms with Crippen molar-refractivity contribution < 1.29 is 0 Å². The Kier molecular flexibility index (Phi) is 3.56. The Hall–Kier alpha value is -0.530. The van der Waals surface area contributed by atoms with Crippen LogP contribution >= 0.6 is 11.6 Å². The highest BCUT2D eigenvalue weighted by molar-refractivity contribution is 6.30. The molecule has 0 spiro atoms. The molecule has 2 rings (SSSR count). The van der Waals surface area contributed by atoms with Gasteiger partial charge in [0.2, 0.25) is 0 Å². The van der Waals surface area contributed by atoms with E-state index in [1.807, 2.05) is 12.1 Å². The summed E-state index contributed by atoms with van der Waals surface area (Å²) in [7, 11) is 0. The smallest absolute Gasteiger partial charge is 0.0406 e. The topological polar surface area (TPSA) is 26.0 Å². The van der Waals surface area contributed by atoms with Crippen LogP contribution < -0.4 is 5.73 Å². The number of hydrogen-bond acceptors (Lipinski definition) is 1. The van der Waals surface area contributed by atoms with Crippen molar-refractivity contribution in [1.82, 2.24) is 0 Å². The summed E-state index contributed by atoms with van der Waals surface area (Å²) < 4.78 is 0. The van der Waals surface area contributed by atoms with Gasteiger partial charge in [-0.3, -0.25) is 0 Å². The minimum Gasteiger partial charge on any atom is -0.322 e. The summed E-state index contributed by atoms with van der Waals surface area (Å²) >= 11 is 5.89. The SMILES string of the molecule is CC(N)(CC1CCCC1)c1ccc(Cl)cc1. The van der Waals surface area contributed by atoms with Gasteiger partial charge in [0.1, 0.15) is 0 Å². The lowest BCUT2D eigenvalue weighted by Gasteiger charge is -2.28. The minimum atomic E-state index is -0.209. The first-order valence-electron chi connectivity index (χ1n) is 6.13. The van der Waals surface area contributed by atoms with Gasteiger partial charge in [-0.25, -0.2) is 0 Å². The number of nitrogens with two attached hydrogens (primary N) is 1. The molecule has 0 radical (unpaired) electrons. The number of benzene rings is 1. The molecule has 1 aliphatic rings. The van der Waals surface area contributed by atoms with Gasteiger partial charge in [-0.15, -0.1) is 0 Å². The molecule has 88 valence electrons. The molecular formula is C14H20ClN. The lowest BCUT2D eigenvalue weighted by Crippen LogP contribution is -2.34. The molecule has 1 unspecified atom stereocenters. The average molecular weight is 238 g/mol. The third-order valence-corrected chi connectivity index (χ3v) is 3.94. The summed E-state index contributed by atoms with van der Waals surface area (Å²) in [5, 5.41) is 0.778. The first-order valence-corrected chi connectivity index (χ1v) is 6.51. The van der Waals surface area contributed by atoms with Crippen LogP contribution in [0.15, 0.2) is 24.3 Å². The van der Waals surface area contributed by atoms with E-state index in [4.69, 9.17) is 17.3 Å². The predicted octanol–water partition coefficient (Wildman–Crippen LogP) is 4.09. The van der Waals surface area contributed by atoms with Gasteiger partial charge < -0.3 is 5.73 Å². The summed E-state index contributed by atoms with van der Waals surface area (Å²) in [6.45, 7) is 2.13. The second-order valence-corrected chi connectivity index (χ2v) is 5.72. The van der Waals surface area contributed by atoms with Crippen LogP contribution in [-0.4, -0.2) is 0 Å². The normalized spacial score (nSPS) is 20.9. The zero-order valence-corrected chi connectivity index (χ0v) is 10.6. The third kappa shape index (κ3) is 2.78. The molecule has 2 N–H and O–H groups in total. The molecule has 1 aromatic rings. The van der Waals surface area contributed by atoms with Gasteiger partial charge in [0, 0.05) is 10.6 Å². The Morgan fingerprint density at radius 2 is 1.81 bits per heavy atom. The maximum Gasteiger partial charge on any atom is 0.0406 e. The lowest BCUT2D eigenvalue weighted by atomic mass is 9.83. The van der Waals surface area contributed by atoms with Crippen molar-refractivity contribution in [1.29, 1.82) is 0 Å². The van der Waals surface area contributed by atoms with E-state index in [2.05, 4.69) is 19.1 Å². The zero-order chi connectivity index (χ0) is 11.6. The van der Waals surface area contributed by atoms with Gasteiger partial charge in [0.25, 0.3) is 0 Å². The summed E-state index contributed by atoms with van der Waals surface area (Å²) in [6, 6.07) is 7.96. The number of halogens is 1. The van der Waals surface area contributed by atoms with Crippen LogP contribution in [0.4, 0.5) is 0 Å². The zero-order valence-electron chi connectivity index (χ0n) is 9.88. The summed E-state index contributed by atoms with van der Waals surface area (Å²) in [6.07, 6.45) is 6.54. The van der Waals surface area contributed by atoms with Crippen LogP contribution in [0.2, 0.25) is 5.02 Å². The summed E-state index contributed by atoms with van der Waals surface area (Å²) in [5.41, 5.74) is 7.41. The summed E-state index contributed by atoms with van der Waals surface area (Å²) in [5.74, 6) is 0.811. The van der Waals surface area contributed by atoms with Gasteiger partial charge in [-0.05, 0) is 37.0 Å². The van der Waals surface area contributed by atoms with Crippen LogP contribution in [-0.2, 0) is 5.54 Å². The molecular weight excluding hydrogens is 218 g/mol. The van der Waals surface area contributed by atoms with Crippen LogP contribution in [0, 0.1) is 5.92 Å². The van der Waals surface area contributed by atoms with Gasteiger partial charge in [0.15, 0.2) is 0 Å². The van der Waals surface area contributed by atoms with E-state index < -0.39 is 0 Å². The van der Waals surface area contributed by atoms with Crippen LogP contribution in [0.5, 0.6) is 0 Å². The standard InChI is InChI=1S/C14H20ClN/c1-14(16,10-11-4-2-3-5-11)12-6-8-13(15)9-7-12/h6-9,11H,2-5,10,16H2,1H3. The maximum absolute atomic E-state index is 6.42. The van der Waals surface area contributed by atoms with E-state index >= 15 is 0 Å². The molecule has 1 saturated carbocycles. The Bertz CT molecular complexity index is 336. The molecule has 0 aliphatic heterocycles. The molecule has 1 aliphatic carbocycles. The number of hydrogen-bond donors (Lipinski definition) is 1. The van der Waals surface area contributed by atoms with E-state index in [1.54, 1.807) is 0 Å². The van der Waals surface area contributed by atoms with Crippen molar-refractivity contribution in [3.8, 4) is 0 Å². The summed E-state index contributed by atoms with van der Waals surface area (Å²) in [4.78, 5) is 0. The Morgan fingerprint density at radius 3 is 2.38 bits per heavy atom. The van der Waals surface area contributed by atoms with E-state index in [0.717, 1.165) is 17.4 Å². The molecule has 0 aromatic heterocycles. The van der Waals surface area contributed by atoms with Crippen LogP contribution in [0.3, 0.4) is 0 Å². The fourth-order valence-corrected chi connectivity index (χ4v) is 2.89. The Morgan fingerprint density at radius 1 is 1.25 bits per heavy atom. The fourth-order valence-electron chi connectivity index (χ4n) is 2.76. The molecule has 2 heteroatoms. The average Bonchev–Trinajstić information content (AvgIpc) is 2.70. The van der Waals surface area contributed by atoms with E-state index in [-0.39, 0.29) is 5.54 Å². The van der Waals surface area contributed by atoms with E-state index in [9.17, 15) is 0 Å². The van der Waals surface area contributed by atoms with Crippen molar-refractivity contribution in [3.05, 3.63) is 34.9 Å². The molecule has 0 bridgehead atoms. The monoisotopic (exact) mass is 237 g/mol. The van der Waals surface area contributed by atoms with Crippen molar-refractivity contribution in [3.63, 3.8) is 0 Å². The van der Waals surface area contributed by atoms with Gasteiger partial charge in [0.05, 0.1) is 0 Å². The van der Waals surface area contributed by atoms with E-state index in [1.165, 1.54) is 31.2 Å². The van der Waals surface area contributed by atoms with Crippen LogP contribution in [0.1, 0.15) is 44.6 Å². The second kappa shape index (κ2) is 4.77. The van der Waals surface area contributed by atoms with Crippen molar-refractivity contribution in [2.45, 2.75) is 44.6 Å². The second-order valence-electron chi connectivity index (χ2n) is 5.28. The molecule has 1 fully saturated rings. The molecule has 0 saturated heterocycles. The quantitative estimate of drug-likeness (QED) is 0.842. The van der Waals surface area contributed by atoms with Gasteiger partial charge in [-0.1, -0.05) is 49.4 Å². The number of rotatable bonds is 3. The van der Waals surface area contributed by atoms with Crippen molar-refractivity contribution >= 4 is 11.6 Å². The predicted molar refractivity (Wildman–Crippen MR) is 69.6 cm³/mol. The molecule has 0 amide bonds. The largest absolute Gasteiger partial charge is 0.322 e. The molecule has 1 atom stereocenters. The van der Waals surface area contributed by atoms with Crippen molar-refractivity contribution in [2.24, 2.45) is 11.7 Å². The van der Waals surface area contributed by atoms with E-state index in [0.29, 0.717) is 0 Å².